The van der Waals surface area contributed by atoms with Crippen LogP contribution in [0.25, 0.3) is 0 Å². The van der Waals surface area contributed by atoms with Crippen LogP contribution in [0.2, 0.25) is 5.02 Å². The van der Waals surface area contributed by atoms with Gasteiger partial charge in [0.15, 0.2) is 0 Å². The first-order chi connectivity index (χ1) is 8.63. The van der Waals surface area contributed by atoms with E-state index >= 15 is 0 Å². The number of halogens is 1. The Morgan fingerprint density at radius 1 is 1.06 bits per heavy atom. The van der Waals surface area contributed by atoms with E-state index in [-0.39, 0.29) is 5.75 Å². The lowest BCUT2D eigenvalue weighted by Gasteiger charge is -2.15. The van der Waals surface area contributed by atoms with Gasteiger partial charge in [-0.1, -0.05) is 23.7 Å². The second-order valence-electron chi connectivity index (χ2n) is 4.42. The van der Waals surface area contributed by atoms with Crippen LogP contribution in [-0.4, -0.2) is 11.1 Å². The summed E-state index contributed by atoms with van der Waals surface area (Å²) in [6.45, 7) is 2.13. The Kier molecular flexibility index (Phi) is 4.11. The molecular formula is C15H16ClNO. The fourth-order valence-electron chi connectivity index (χ4n) is 1.87. The molecule has 0 aromatic heterocycles. The number of hydrogen-bond acceptors (Lipinski definition) is 2. The molecule has 0 radical (unpaired) electrons. The Bertz CT molecular complexity index is 445. The minimum Gasteiger partial charge on any atom is -0.508 e. The van der Waals surface area contributed by atoms with E-state index in [9.17, 15) is 5.11 Å². The molecule has 1 unspecified atom stereocenters. The van der Waals surface area contributed by atoms with Gasteiger partial charge < -0.3 is 10.4 Å². The lowest BCUT2D eigenvalue weighted by molar-refractivity contribution is 0.475. The highest BCUT2D eigenvalue weighted by Gasteiger charge is 2.03. The number of anilines is 1. The van der Waals surface area contributed by atoms with E-state index < -0.39 is 0 Å². The van der Waals surface area contributed by atoms with Crippen molar-refractivity contribution in [2.45, 2.75) is 19.4 Å². The van der Waals surface area contributed by atoms with Crippen molar-refractivity contribution in [3.8, 4) is 5.75 Å². The van der Waals surface area contributed by atoms with E-state index in [1.54, 1.807) is 12.1 Å². The Morgan fingerprint density at radius 2 is 1.67 bits per heavy atom. The Labute approximate surface area is 112 Å². The Hall–Kier alpha value is -1.67. The fourth-order valence-corrected chi connectivity index (χ4v) is 1.99. The first-order valence-corrected chi connectivity index (χ1v) is 6.31. The van der Waals surface area contributed by atoms with Crippen molar-refractivity contribution in [3.05, 3.63) is 59.1 Å². The quantitative estimate of drug-likeness (QED) is 0.813. The van der Waals surface area contributed by atoms with Crippen LogP contribution in [0.15, 0.2) is 48.5 Å². The Morgan fingerprint density at radius 3 is 2.28 bits per heavy atom. The van der Waals surface area contributed by atoms with Crippen molar-refractivity contribution >= 4 is 17.3 Å². The van der Waals surface area contributed by atoms with E-state index in [2.05, 4.69) is 12.2 Å². The van der Waals surface area contributed by atoms with Gasteiger partial charge in [0.25, 0.3) is 0 Å². The number of hydrogen-bond donors (Lipinski definition) is 2. The molecule has 0 aliphatic carbocycles. The fraction of sp³-hybridized carbons (Fsp3) is 0.200. The van der Waals surface area contributed by atoms with E-state index in [1.807, 2.05) is 36.4 Å². The Balaban J connectivity index is 1.94. The van der Waals surface area contributed by atoms with E-state index in [0.29, 0.717) is 6.04 Å². The van der Waals surface area contributed by atoms with Crippen molar-refractivity contribution in [1.82, 2.24) is 0 Å². The average Bonchev–Trinajstić information content (AvgIpc) is 2.35. The molecule has 0 amide bonds. The second kappa shape index (κ2) is 5.78. The standard InChI is InChI=1S/C15H16ClNO/c1-11(10-12-2-4-13(16)5-3-12)17-14-6-8-15(18)9-7-14/h2-9,11,17-18H,10H2,1H3. The first-order valence-electron chi connectivity index (χ1n) is 5.93. The lowest BCUT2D eigenvalue weighted by atomic mass is 10.1. The molecule has 2 aromatic rings. The van der Waals surface area contributed by atoms with Gasteiger partial charge in [-0.15, -0.1) is 0 Å². The van der Waals surface area contributed by atoms with Crippen molar-refractivity contribution in [3.63, 3.8) is 0 Å². The normalized spacial score (nSPS) is 12.1. The van der Waals surface area contributed by atoms with Crippen molar-refractivity contribution in [1.29, 1.82) is 0 Å². The summed E-state index contributed by atoms with van der Waals surface area (Å²) in [7, 11) is 0. The van der Waals surface area contributed by atoms with Gasteiger partial charge in [-0.3, -0.25) is 0 Å². The summed E-state index contributed by atoms with van der Waals surface area (Å²) < 4.78 is 0. The minimum atomic E-state index is 0.283. The van der Waals surface area contributed by atoms with Gasteiger partial charge in [0.2, 0.25) is 0 Å². The second-order valence-corrected chi connectivity index (χ2v) is 4.86. The molecule has 3 heteroatoms. The van der Waals surface area contributed by atoms with Gasteiger partial charge in [-0.25, -0.2) is 0 Å². The topological polar surface area (TPSA) is 32.3 Å². The molecule has 0 bridgehead atoms. The van der Waals surface area contributed by atoms with Crippen LogP contribution in [0.4, 0.5) is 5.69 Å². The third-order valence-corrected chi connectivity index (χ3v) is 2.99. The minimum absolute atomic E-state index is 0.283. The molecule has 0 saturated heterocycles. The van der Waals surface area contributed by atoms with Gasteiger partial charge in [-0.2, -0.15) is 0 Å². The molecule has 0 aliphatic rings. The molecule has 0 fully saturated rings. The van der Waals surface area contributed by atoms with Gasteiger partial charge in [-0.05, 0) is 55.3 Å². The molecule has 94 valence electrons. The molecule has 2 aromatic carbocycles. The zero-order chi connectivity index (χ0) is 13.0. The average molecular weight is 262 g/mol. The van der Waals surface area contributed by atoms with Gasteiger partial charge in [0, 0.05) is 16.8 Å². The van der Waals surface area contributed by atoms with Gasteiger partial charge >= 0.3 is 0 Å². The molecule has 0 heterocycles. The molecule has 0 spiro atoms. The SMILES string of the molecule is CC(Cc1ccc(Cl)cc1)Nc1ccc(O)cc1. The van der Waals surface area contributed by atoms with Crippen molar-refractivity contribution in [2.24, 2.45) is 0 Å². The highest BCUT2D eigenvalue weighted by molar-refractivity contribution is 6.30. The zero-order valence-electron chi connectivity index (χ0n) is 10.2. The largest absolute Gasteiger partial charge is 0.508 e. The van der Waals surface area contributed by atoms with Crippen LogP contribution in [0.5, 0.6) is 5.75 Å². The maximum Gasteiger partial charge on any atom is 0.115 e. The van der Waals surface area contributed by atoms with Crippen LogP contribution in [0.1, 0.15) is 12.5 Å². The van der Waals surface area contributed by atoms with Crippen LogP contribution in [-0.2, 0) is 6.42 Å². The monoisotopic (exact) mass is 261 g/mol. The number of phenolic OH excluding ortho intramolecular Hbond substituents is 1. The van der Waals surface area contributed by atoms with Crippen molar-refractivity contribution in [2.75, 3.05) is 5.32 Å². The zero-order valence-corrected chi connectivity index (χ0v) is 11.0. The molecule has 2 N–H and O–H groups in total. The molecule has 2 rings (SSSR count). The summed E-state index contributed by atoms with van der Waals surface area (Å²) in [5.74, 6) is 0.283. The highest BCUT2D eigenvalue weighted by atomic mass is 35.5. The summed E-state index contributed by atoms with van der Waals surface area (Å²) in [5, 5.41) is 13.4. The van der Waals surface area contributed by atoms with E-state index in [1.165, 1.54) is 5.56 Å². The molecule has 1 atom stereocenters. The first kappa shape index (κ1) is 12.8. The molecule has 0 saturated carbocycles. The van der Waals surface area contributed by atoms with Gasteiger partial charge in [0.1, 0.15) is 5.75 Å². The summed E-state index contributed by atoms with van der Waals surface area (Å²) in [5.41, 5.74) is 2.26. The number of benzene rings is 2. The van der Waals surface area contributed by atoms with Crippen LogP contribution in [0, 0.1) is 0 Å². The van der Waals surface area contributed by atoms with Crippen LogP contribution < -0.4 is 5.32 Å². The third kappa shape index (κ3) is 3.67. The van der Waals surface area contributed by atoms with Gasteiger partial charge in [0.05, 0.1) is 0 Å². The molecule has 0 aliphatic heterocycles. The summed E-state index contributed by atoms with van der Waals surface area (Å²) in [6, 6.07) is 15.3. The number of rotatable bonds is 4. The maximum absolute atomic E-state index is 9.21. The summed E-state index contributed by atoms with van der Waals surface area (Å²) >= 11 is 5.85. The highest BCUT2D eigenvalue weighted by Crippen LogP contribution is 2.16. The predicted octanol–water partition coefficient (Wildman–Crippen LogP) is 4.09. The van der Waals surface area contributed by atoms with Crippen LogP contribution in [0.3, 0.4) is 0 Å². The number of phenols is 1. The predicted molar refractivity (Wildman–Crippen MR) is 76.3 cm³/mol. The summed E-state index contributed by atoms with van der Waals surface area (Å²) in [4.78, 5) is 0. The molecular weight excluding hydrogens is 246 g/mol. The third-order valence-electron chi connectivity index (χ3n) is 2.74. The molecule has 2 nitrogen and oxygen atoms in total. The van der Waals surface area contributed by atoms with E-state index in [0.717, 1.165) is 17.1 Å². The molecule has 18 heavy (non-hydrogen) atoms. The number of nitrogens with one attached hydrogen (secondary N) is 1. The maximum atomic E-state index is 9.21. The van der Waals surface area contributed by atoms with Crippen LogP contribution >= 0.6 is 11.6 Å². The van der Waals surface area contributed by atoms with E-state index in [4.69, 9.17) is 11.6 Å². The number of aromatic hydroxyl groups is 1. The smallest absolute Gasteiger partial charge is 0.115 e. The van der Waals surface area contributed by atoms with Crippen molar-refractivity contribution < 1.29 is 5.11 Å². The lowest BCUT2D eigenvalue weighted by Crippen LogP contribution is -2.17. The summed E-state index contributed by atoms with van der Waals surface area (Å²) in [6.07, 6.45) is 0.929.